The van der Waals surface area contributed by atoms with Gasteiger partial charge in [0.05, 0.1) is 23.7 Å². The summed E-state index contributed by atoms with van der Waals surface area (Å²) >= 11 is 4.73. The standard InChI is InChI=1S/C42H47F3N8O5S/c1-4-26-20-31(53-39(59)52(38(57)40(53,2)3)30-9-8-27(23-46)32(22-30)42(43,44)45)10-12-34(26)58-19-18-50-16-17-51(41(25-50)14-15-41)24-36(55)48-29-7-5-6-28(21-29)47-33-11-13-35(54)49-37(33)56/h5-10,12,20-22,33,39,47,59H,4,11,13-19,24-25H2,1-3H3,(H,48,55)(H,49,54,56). The second kappa shape index (κ2) is 16.4. The lowest BCUT2D eigenvalue weighted by Crippen LogP contribution is -2.57. The van der Waals surface area contributed by atoms with E-state index in [2.05, 4.69) is 25.8 Å². The fourth-order valence-electron chi connectivity index (χ4n) is 8.29. The van der Waals surface area contributed by atoms with Crippen molar-refractivity contribution >= 4 is 59.0 Å². The Morgan fingerprint density at radius 1 is 1.03 bits per heavy atom. The Hall–Kier alpha value is -5.31. The van der Waals surface area contributed by atoms with Crippen LogP contribution in [0.25, 0.3) is 0 Å². The van der Waals surface area contributed by atoms with E-state index >= 15 is 0 Å². The van der Waals surface area contributed by atoms with Crippen LogP contribution >= 0.6 is 12.6 Å². The van der Waals surface area contributed by atoms with Gasteiger partial charge in [-0.2, -0.15) is 18.4 Å². The molecule has 0 aromatic heterocycles. The summed E-state index contributed by atoms with van der Waals surface area (Å²) in [4.78, 5) is 58.2. The number of alkyl halides is 3. The molecule has 1 saturated carbocycles. The molecule has 17 heteroatoms. The number of thiol groups is 1. The van der Waals surface area contributed by atoms with E-state index in [9.17, 15) is 37.6 Å². The summed E-state index contributed by atoms with van der Waals surface area (Å²) in [6, 6.07) is 17.1. The van der Waals surface area contributed by atoms with E-state index in [1.54, 1.807) is 43.0 Å². The van der Waals surface area contributed by atoms with E-state index in [4.69, 9.17) is 17.4 Å². The molecule has 2 atom stereocenters. The molecule has 4 aliphatic rings. The maximum atomic E-state index is 13.8. The van der Waals surface area contributed by atoms with Gasteiger partial charge in [-0.05, 0) is 99.7 Å². The number of hydrogen-bond acceptors (Lipinski definition) is 11. The lowest BCUT2D eigenvalue weighted by Gasteiger charge is -2.41. The highest BCUT2D eigenvalue weighted by Gasteiger charge is 2.53. The SMILES string of the molecule is CCc1cc(N2C(S)N(c3ccc(C#N)c(C(F)(F)F)c3)C(=O)C2(C)C)ccc1OCCN1CCN(CC(=O)Nc2cccc(NC3CCC(=O)NC3=O)c2)C2(CC2)C1. The molecule has 3 aromatic rings. The molecule has 3 heterocycles. The average Bonchev–Trinajstić information content (AvgIpc) is 3.93. The molecular formula is C42H47F3N8O5S. The molecule has 59 heavy (non-hydrogen) atoms. The Balaban J connectivity index is 0.930. The lowest BCUT2D eigenvalue weighted by atomic mass is 10.0. The van der Waals surface area contributed by atoms with E-state index in [1.165, 1.54) is 11.0 Å². The lowest BCUT2D eigenvalue weighted by molar-refractivity contribution is -0.138. The van der Waals surface area contributed by atoms with Crippen molar-refractivity contribution in [2.45, 2.75) is 81.7 Å². The van der Waals surface area contributed by atoms with Crippen LogP contribution in [0.1, 0.15) is 63.1 Å². The van der Waals surface area contributed by atoms with Gasteiger partial charge in [0.15, 0.2) is 5.50 Å². The molecule has 3 aliphatic heterocycles. The number of benzene rings is 3. The molecule has 13 nitrogen and oxygen atoms in total. The van der Waals surface area contributed by atoms with Crippen molar-refractivity contribution < 1.29 is 37.1 Å². The molecule has 1 spiro atoms. The van der Waals surface area contributed by atoms with Crippen LogP contribution in [0.2, 0.25) is 0 Å². The first-order chi connectivity index (χ1) is 28.0. The van der Waals surface area contributed by atoms with Gasteiger partial charge in [0, 0.05) is 60.9 Å². The van der Waals surface area contributed by atoms with Crippen molar-refractivity contribution in [2.24, 2.45) is 0 Å². The molecule has 312 valence electrons. The second-order valence-electron chi connectivity index (χ2n) is 16.0. The monoisotopic (exact) mass is 832 g/mol. The van der Waals surface area contributed by atoms with Gasteiger partial charge in [-0.15, -0.1) is 12.6 Å². The third-order valence-electron chi connectivity index (χ3n) is 11.6. The van der Waals surface area contributed by atoms with Gasteiger partial charge >= 0.3 is 6.18 Å². The Morgan fingerprint density at radius 3 is 2.47 bits per heavy atom. The molecule has 2 unspecified atom stereocenters. The number of rotatable bonds is 12. The van der Waals surface area contributed by atoms with Crippen LogP contribution < -0.4 is 30.5 Å². The zero-order chi connectivity index (χ0) is 42.3. The number of nitrogens with one attached hydrogen (secondary N) is 3. The first-order valence-corrected chi connectivity index (χ1v) is 20.2. The third kappa shape index (κ3) is 8.71. The summed E-state index contributed by atoms with van der Waals surface area (Å²) in [6.45, 7) is 9.08. The number of hydrogen-bond donors (Lipinski definition) is 4. The number of ether oxygens (including phenoxy) is 1. The highest BCUT2D eigenvalue weighted by molar-refractivity contribution is 7.81. The predicted octanol–water partition coefficient (Wildman–Crippen LogP) is 5.37. The van der Waals surface area contributed by atoms with Gasteiger partial charge in [-0.3, -0.25) is 39.2 Å². The Bertz CT molecular complexity index is 2190. The zero-order valence-corrected chi connectivity index (χ0v) is 34.0. The van der Waals surface area contributed by atoms with Crippen LogP contribution in [-0.2, 0) is 31.8 Å². The third-order valence-corrected chi connectivity index (χ3v) is 12.1. The average molecular weight is 833 g/mol. The van der Waals surface area contributed by atoms with Gasteiger partial charge in [0.2, 0.25) is 17.7 Å². The molecule has 1 aliphatic carbocycles. The van der Waals surface area contributed by atoms with E-state index in [0.717, 1.165) is 50.2 Å². The number of aryl methyl sites for hydroxylation is 1. The summed E-state index contributed by atoms with van der Waals surface area (Å²) < 4.78 is 47.7. The minimum atomic E-state index is -4.78. The minimum Gasteiger partial charge on any atom is -0.492 e. The Labute approximate surface area is 346 Å². The first kappa shape index (κ1) is 41.8. The van der Waals surface area contributed by atoms with E-state index in [1.807, 2.05) is 31.2 Å². The topological polar surface area (TPSA) is 150 Å². The predicted molar refractivity (Wildman–Crippen MR) is 219 cm³/mol. The fourth-order valence-corrected chi connectivity index (χ4v) is 8.95. The van der Waals surface area contributed by atoms with Crippen molar-refractivity contribution in [1.82, 2.24) is 15.1 Å². The highest BCUT2D eigenvalue weighted by Crippen LogP contribution is 2.45. The molecule has 0 bridgehead atoms. The van der Waals surface area contributed by atoms with Crippen molar-refractivity contribution in [3.05, 3.63) is 77.4 Å². The Kier molecular flexibility index (Phi) is 11.6. The van der Waals surface area contributed by atoms with Gasteiger partial charge in [-0.25, -0.2) is 0 Å². The molecule has 4 fully saturated rings. The molecular weight excluding hydrogens is 786 g/mol. The van der Waals surface area contributed by atoms with Crippen LogP contribution in [0.15, 0.2) is 60.7 Å². The number of anilines is 4. The van der Waals surface area contributed by atoms with Crippen LogP contribution in [0, 0.1) is 11.3 Å². The normalized spacial score (nSPS) is 21.6. The summed E-state index contributed by atoms with van der Waals surface area (Å²) in [5.41, 5.74) is -0.952. The summed E-state index contributed by atoms with van der Waals surface area (Å²) in [6.07, 6.45) is -1.48. The van der Waals surface area contributed by atoms with E-state index in [-0.39, 0.29) is 41.9 Å². The molecule has 4 amide bonds. The number of carbonyl (C=O) groups is 4. The van der Waals surface area contributed by atoms with Gasteiger partial charge in [0.25, 0.3) is 5.91 Å². The number of halogens is 3. The van der Waals surface area contributed by atoms with Crippen molar-refractivity contribution in [2.75, 3.05) is 59.8 Å². The molecule has 3 saturated heterocycles. The van der Waals surface area contributed by atoms with Crippen LogP contribution in [-0.4, -0.2) is 95.4 Å². The number of nitrogens with zero attached hydrogens (tertiary/aromatic N) is 5. The largest absolute Gasteiger partial charge is 0.492 e. The first-order valence-electron chi connectivity index (χ1n) is 19.7. The number of nitriles is 1. The van der Waals surface area contributed by atoms with Crippen LogP contribution in [0.5, 0.6) is 5.75 Å². The van der Waals surface area contributed by atoms with Gasteiger partial charge in [0.1, 0.15) is 23.9 Å². The number of piperidine rings is 1. The quantitative estimate of drug-likeness (QED) is 0.139. The summed E-state index contributed by atoms with van der Waals surface area (Å²) in [5.74, 6) is -0.501. The van der Waals surface area contributed by atoms with Crippen LogP contribution in [0.4, 0.5) is 35.9 Å². The van der Waals surface area contributed by atoms with Crippen molar-refractivity contribution in [3.8, 4) is 11.8 Å². The number of carbonyl (C=O) groups excluding carboxylic acids is 4. The van der Waals surface area contributed by atoms with Crippen molar-refractivity contribution in [3.63, 3.8) is 0 Å². The van der Waals surface area contributed by atoms with Gasteiger partial charge < -0.3 is 20.3 Å². The zero-order valence-electron chi connectivity index (χ0n) is 33.1. The smallest absolute Gasteiger partial charge is 0.417 e. The maximum absolute atomic E-state index is 13.8. The highest BCUT2D eigenvalue weighted by atomic mass is 32.1. The number of piperazine rings is 1. The second-order valence-corrected chi connectivity index (χ2v) is 16.4. The fraction of sp³-hybridized carbons (Fsp3) is 0.452. The molecule has 7 rings (SSSR count). The number of amides is 4. The molecule has 3 aromatic carbocycles. The molecule has 0 radical (unpaired) electrons. The van der Waals surface area contributed by atoms with Gasteiger partial charge in [-0.1, -0.05) is 13.0 Å². The minimum absolute atomic E-state index is 0.00601. The van der Waals surface area contributed by atoms with E-state index in [0.29, 0.717) is 48.8 Å². The number of imide groups is 1. The Morgan fingerprint density at radius 2 is 1.78 bits per heavy atom. The van der Waals surface area contributed by atoms with Crippen molar-refractivity contribution in [1.29, 1.82) is 5.26 Å². The molecule has 3 N–H and O–H groups in total. The maximum Gasteiger partial charge on any atom is 0.417 e. The van der Waals surface area contributed by atoms with E-state index < -0.39 is 40.3 Å². The summed E-state index contributed by atoms with van der Waals surface area (Å²) in [5, 5.41) is 17.7. The summed E-state index contributed by atoms with van der Waals surface area (Å²) in [7, 11) is 0. The van der Waals surface area contributed by atoms with Crippen LogP contribution in [0.3, 0.4) is 0 Å².